The molecular formula is C28H34FN5O5S. The number of thiazole rings is 1. The third-order valence-electron chi connectivity index (χ3n) is 7.48. The molecule has 1 aromatic carbocycles. The van der Waals surface area contributed by atoms with E-state index in [9.17, 15) is 24.8 Å². The van der Waals surface area contributed by atoms with Gasteiger partial charge in [0.05, 0.1) is 35.4 Å². The first-order valence-electron chi connectivity index (χ1n) is 13.1. The summed E-state index contributed by atoms with van der Waals surface area (Å²) in [4.78, 5) is 45.9. The molecule has 40 heavy (non-hydrogen) atoms. The van der Waals surface area contributed by atoms with Gasteiger partial charge in [0.1, 0.15) is 17.5 Å². The minimum absolute atomic E-state index is 0.00741. The van der Waals surface area contributed by atoms with Crippen molar-refractivity contribution in [3.05, 3.63) is 34.7 Å². The van der Waals surface area contributed by atoms with Crippen molar-refractivity contribution in [1.82, 2.24) is 20.5 Å². The summed E-state index contributed by atoms with van der Waals surface area (Å²) in [6.45, 7) is 6.98. The molecule has 2 aromatic rings. The van der Waals surface area contributed by atoms with Crippen molar-refractivity contribution >= 4 is 29.1 Å². The molecule has 1 aromatic heterocycles. The predicted octanol–water partition coefficient (Wildman–Crippen LogP) is 2.68. The second kappa shape index (κ2) is 11.1. The molecule has 2 fully saturated rings. The number of nitriles is 1. The number of benzene rings is 1. The third-order valence-corrected chi connectivity index (χ3v) is 8.44. The lowest BCUT2D eigenvalue weighted by atomic mass is 9.85. The van der Waals surface area contributed by atoms with E-state index in [4.69, 9.17) is 4.74 Å². The fourth-order valence-electron chi connectivity index (χ4n) is 4.90. The monoisotopic (exact) mass is 571 g/mol. The number of carbonyl (C=O) groups excluding carboxylic acids is 3. The Morgan fingerprint density at radius 2 is 2.05 bits per heavy atom. The van der Waals surface area contributed by atoms with E-state index in [0.717, 1.165) is 0 Å². The molecule has 1 aliphatic carbocycles. The highest BCUT2D eigenvalue weighted by Gasteiger charge is 2.53. The number of amides is 3. The first-order valence-corrected chi connectivity index (χ1v) is 13.9. The second-order valence-corrected chi connectivity index (χ2v) is 12.3. The van der Waals surface area contributed by atoms with Gasteiger partial charge in [0, 0.05) is 30.6 Å². The summed E-state index contributed by atoms with van der Waals surface area (Å²) in [6, 6.07) is 3.30. The van der Waals surface area contributed by atoms with Gasteiger partial charge < -0.3 is 25.4 Å². The van der Waals surface area contributed by atoms with Gasteiger partial charge in [-0.2, -0.15) is 5.26 Å². The van der Waals surface area contributed by atoms with E-state index in [-0.39, 0.29) is 25.3 Å². The molecule has 1 aliphatic heterocycles. The summed E-state index contributed by atoms with van der Waals surface area (Å²) >= 11 is 1.31. The lowest BCUT2D eigenvalue weighted by Gasteiger charge is -2.35. The van der Waals surface area contributed by atoms with Gasteiger partial charge in [0.25, 0.3) is 0 Å². The summed E-state index contributed by atoms with van der Waals surface area (Å²) in [7, 11) is 1.35. The molecule has 3 N–H and O–H groups in total. The number of aromatic nitrogens is 1. The summed E-state index contributed by atoms with van der Waals surface area (Å²) in [5.41, 5.74) is 1.24. The summed E-state index contributed by atoms with van der Waals surface area (Å²) in [5.74, 6) is -2.12. The van der Waals surface area contributed by atoms with Gasteiger partial charge in [0.15, 0.2) is 11.6 Å². The molecule has 1 saturated heterocycles. The number of nitrogens with one attached hydrogen (secondary N) is 2. The van der Waals surface area contributed by atoms with Crippen molar-refractivity contribution in [2.75, 3.05) is 13.7 Å². The van der Waals surface area contributed by atoms with Crippen LogP contribution in [0.25, 0.3) is 10.4 Å². The van der Waals surface area contributed by atoms with Gasteiger partial charge in [-0.3, -0.25) is 14.4 Å². The van der Waals surface area contributed by atoms with Gasteiger partial charge in [-0.15, -0.1) is 11.3 Å². The number of hydrogen-bond acceptors (Lipinski definition) is 8. The Kier molecular flexibility index (Phi) is 8.19. The number of β-amino-alcohol motifs (C(OH)–C–C–N with tert-alkyl or cyclic N) is 1. The van der Waals surface area contributed by atoms with Crippen molar-refractivity contribution in [2.24, 2.45) is 10.8 Å². The number of halogens is 1. The van der Waals surface area contributed by atoms with Gasteiger partial charge in [-0.05, 0) is 31.2 Å². The van der Waals surface area contributed by atoms with Crippen LogP contribution in [0.3, 0.4) is 0 Å². The highest BCUT2D eigenvalue weighted by molar-refractivity contribution is 7.13. The number of aliphatic hydroxyl groups is 1. The van der Waals surface area contributed by atoms with E-state index in [0.29, 0.717) is 34.5 Å². The van der Waals surface area contributed by atoms with Crippen molar-refractivity contribution in [3.63, 3.8) is 0 Å². The van der Waals surface area contributed by atoms with Crippen molar-refractivity contribution < 1.29 is 28.6 Å². The smallest absolute Gasteiger partial charge is 0.246 e. The summed E-state index contributed by atoms with van der Waals surface area (Å²) in [5, 5.41) is 25.3. The Balaban J connectivity index is 1.50. The first-order chi connectivity index (χ1) is 18.8. The SMILES string of the molecule is COc1c(CNC(=O)[C@@H]2C[C@@H](O)CN2C(=O)[C@H](NC(=O)C2(C#N)CC2)C(C)(C)C)ccc(-c2scnc2C)c1F. The van der Waals surface area contributed by atoms with E-state index < -0.39 is 52.6 Å². The van der Waals surface area contributed by atoms with Crippen LogP contribution in [0.1, 0.15) is 51.3 Å². The second-order valence-electron chi connectivity index (χ2n) is 11.5. The predicted molar refractivity (Wildman–Crippen MR) is 145 cm³/mol. The highest BCUT2D eigenvalue weighted by Crippen LogP contribution is 2.45. The van der Waals surface area contributed by atoms with Crippen molar-refractivity contribution in [3.8, 4) is 22.3 Å². The maximum absolute atomic E-state index is 15.3. The molecule has 0 unspecified atom stereocenters. The number of methoxy groups -OCH3 is 1. The number of likely N-dealkylation sites (tertiary alicyclic amines) is 1. The van der Waals surface area contributed by atoms with Crippen LogP contribution in [-0.2, 0) is 20.9 Å². The number of aliphatic hydroxyl groups excluding tert-OH is 1. The number of aryl methyl sites for hydroxylation is 1. The van der Waals surface area contributed by atoms with E-state index in [1.807, 2.05) is 6.07 Å². The molecule has 3 amide bonds. The van der Waals surface area contributed by atoms with Gasteiger partial charge >= 0.3 is 0 Å². The quantitative estimate of drug-likeness (QED) is 0.442. The van der Waals surface area contributed by atoms with E-state index in [2.05, 4.69) is 15.6 Å². The minimum atomic E-state index is -1.12. The fourth-order valence-corrected chi connectivity index (χ4v) is 5.72. The molecule has 3 atom stereocenters. The zero-order valence-corrected chi connectivity index (χ0v) is 24.0. The summed E-state index contributed by atoms with van der Waals surface area (Å²) in [6.07, 6.45) is -0.0517. The summed E-state index contributed by atoms with van der Waals surface area (Å²) < 4.78 is 20.7. The molecule has 12 heteroatoms. The molecule has 1 saturated carbocycles. The number of carbonyl (C=O) groups is 3. The van der Waals surface area contributed by atoms with Crippen LogP contribution >= 0.6 is 11.3 Å². The third kappa shape index (κ3) is 5.67. The molecular weight excluding hydrogens is 537 g/mol. The fraction of sp³-hybridized carbons (Fsp3) is 0.536. The van der Waals surface area contributed by atoms with E-state index in [1.54, 1.807) is 45.3 Å². The maximum Gasteiger partial charge on any atom is 0.246 e. The van der Waals surface area contributed by atoms with Crippen molar-refractivity contribution in [1.29, 1.82) is 5.26 Å². The Morgan fingerprint density at radius 1 is 1.35 bits per heavy atom. The maximum atomic E-state index is 15.3. The van der Waals surface area contributed by atoms with Crippen LogP contribution in [0, 0.1) is 34.9 Å². The molecule has 0 bridgehead atoms. The first kappa shape index (κ1) is 29.4. The van der Waals surface area contributed by atoms with Crippen LogP contribution in [0.15, 0.2) is 17.6 Å². The van der Waals surface area contributed by atoms with Gasteiger partial charge in [0.2, 0.25) is 17.7 Å². The number of rotatable bonds is 8. The Labute approximate surface area is 236 Å². The topological polar surface area (TPSA) is 145 Å². The van der Waals surface area contributed by atoms with Crippen LogP contribution in [0.4, 0.5) is 4.39 Å². The van der Waals surface area contributed by atoms with Crippen molar-refractivity contribution in [2.45, 2.75) is 71.7 Å². The zero-order valence-electron chi connectivity index (χ0n) is 23.2. The number of ether oxygens (including phenoxy) is 1. The largest absolute Gasteiger partial charge is 0.493 e. The molecule has 10 nitrogen and oxygen atoms in total. The molecule has 2 heterocycles. The lowest BCUT2D eigenvalue weighted by Crippen LogP contribution is -2.58. The van der Waals surface area contributed by atoms with Crippen LogP contribution in [0.5, 0.6) is 5.75 Å². The minimum Gasteiger partial charge on any atom is -0.493 e. The molecule has 0 spiro atoms. The Hall–Kier alpha value is -3.56. The number of hydrogen-bond donors (Lipinski definition) is 3. The Morgan fingerprint density at radius 3 is 2.60 bits per heavy atom. The number of nitrogens with zero attached hydrogens (tertiary/aromatic N) is 3. The average molecular weight is 572 g/mol. The molecule has 0 radical (unpaired) electrons. The van der Waals surface area contributed by atoms with Crippen LogP contribution in [0.2, 0.25) is 0 Å². The van der Waals surface area contributed by atoms with E-state index >= 15 is 4.39 Å². The highest BCUT2D eigenvalue weighted by atomic mass is 32.1. The molecule has 214 valence electrons. The van der Waals surface area contributed by atoms with Crippen LogP contribution < -0.4 is 15.4 Å². The van der Waals surface area contributed by atoms with E-state index in [1.165, 1.54) is 23.3 Å². The lowest BCUT2D eigenvalue weighted by molar-refractivity contribution is -0.144. The molecule has 2 aliphatic rings. The normalized spacial score (nSPS) is 20.4. The zero-order chi connectivity index (χ0) is 29.4. The molecule has 4 rings (SSSR count). The standard InChI is InChI=1S/C28H34FN5O5S/c1-15-22(40-14-32-15)18-7-6-16(21(39-5)20(18)29)11-31-24(36)19-10-17(35)12-34(19)25(37)23(27(2,3)4)33-26(38)28(13-30)8-9-28/h6-7,14,17,19,23,35H,8-12H2,1-5H3,(H,31,36)(H,33,38)/t17-,19+,23+/m1/s1. The van der Waals surface area contributed by atoms with Gasteiger partial charge in [-0.1, -0.05) is 26.8 Å². The van der Waals surface area contributed by atoms with Gasteiger partial charge in [-0.25, -0.2) is 9.37 Å². The Bertz CT molecular complexity index is 1360. The van der Waals surface area contributed by atoms with Crippen LogP contribution in [-0.4, -0.2) is 64.6 Å². The average Bonchev–Trinajstić information content (AvgIpc) is 3.45.